The van der Waals surface area contributed by atoms with Gasteiger partial charge in [-0.05, 0) is 46.5 Å². The number of nitrogens with one attached hydrogen (secondary N) is 2. The number of imide groups is 1. The smallest absolute Gasteiger partial charge is 0.327 e. The van der Waals surface area contributed by atoms with Crippen molar-refractivity contribution in [2.45, 2.75) is 77.5 Å². The molecule has 2 fully saturated rings. The van der Waals surface area contributed by atoms with Crippen LogP contribution in [0.25, 0.3) is 0 Å². The monoisotopic (exact) mass is 367 g/mol. The summed E-state index contributed by atoms with van der Waals surface area (Å²) in [6, 6.07) is -0.576. The molecule has 4 amide bonds. The van der Waals surface area contributed by atoms with E-state index < -0.39 is 41.6 Å². The quantitative estimate of drug-likeness (QED) is 0.576. The van der Waals surface area contributed by atoms with Gasteiger partial charge in [-0.3, -0.25) is 19.3 Å². The van der Waals surface area contributed by atoms with Crippen LogP contribution in [0, 0.1) is 5.92 Å². The number of hydrogen-bond donors (Lipinski definition) is 2. The van der Waals surface area contributed by atoms with Gasteiger partial charge < -0.3 is 15.4 Å². The molecule has 0 radical (unpaired) electrons. The predicted octanol–water partition coefficient (Wildman–Crippen LogP) is 1.33. The molecule has 8 nitrogen and oxygen atoms in total. The highest BCUT2D eigenvalue weighted by atomic mass is 16.5. The predicted molar refractivity (Wildman–Crippen MR) is 94.1 cm³/mol. The lowest BCUT2D eigenvalue weighted by Crippen LogP contribution is -2.54. The fourth-order valence-electron chi connectivity index (χ4n) is 3.53. The van der Waals surface area contributed by atoms with Crippen molar-refractivity contribution in [3.05, 3.63) is 0 Å². The highest BCUT2D eigenvalue weighted by molar-refractivity contribution is 6.09. The molecule has 0 unspecified atom stereocenters. The average molecular weight is 367 g/mol. The Kier molecular flexibility index (Phi) is 5.63. The molecule has 0 aromatic rings. The largest absolute Gasteiger partial charge is 0.451 e. The maximum atomic E-state index is 12.8. The second-order valence-electron chi connectivity index (χ2n) is 8.31. The molecule has 3 atom stereocenters. The van der Waals surface area contributed by atoms with Gasteiger partial charge in [-0.15, -0.1) is 0 Å². The molecule has 2 N–H and O–H groups in total. The van der Waals surface area contributed by atoms with E-state index in [1.807, 2.05) is 27.7 Å². The first-order valence-corrected chi connectivity index (χ1v) is 9.12. The summed E-state index contributed by atoms with van der Waals surface area (Å²) in [5, 5.41) is 5.49. The van der Waals surface area contributed by atoms with E-state index in [1.54, 1.807) is 0 Å². The van der Waals surface area contributed by atoms with Crippen LogP contribution >= 0.6 is 0 Å². The first-order chi connectivity index (χ1) is 12.0. The van der Waals surface area contributed by atoms with E-state index in [1.165, 1.54) is 6.92 Å². The number of amides is 4. The van der Waals surface area contributed by atoms with Gasteiger partial charge in [0.05, 0.1) is 0 Å². The van der Waals surface area contributed by atoms with E-state index in [0.29, 0.717) is 6.42 Å². The fourth-order valence-corrected chi connectivity index (χ4v) is 3.53. The molecule has 0 aromatic carbocycles. The summed E-state index contributed by atoms with van der Waals surface area (Å²) in [6.45, 7) is 8.35. The van der Waals surface area contributed by atoms with Crippen LogP contribution in [0.5, 0.6) is 0 Å². The molecule has 1 saturated carbocycles. The number of nitrogens with zero attached hydrogens (tertiary/aromatic N) is 1. The van der Waals surface area contributed by atoms with Gasteiger partial charge in [0.25, 0.3) is 11.8 Å². The van der Waals surface area contributed by atoms with Crippen LogP contribution in [0.1, 0.15) is 60.3 Å². The van der Waals surface area contributed by atoms with Gasteiger partial charge in [-0.1, -0.05) is 19.8 Å². The summed E-state index contributed by atoms with van der Waals surface area (Å²) in [6.07, 6.45) is 2.31. The van der Waals surface area contributed by atoms with Gasteiger partial charge in [-0.25, -0.2) is 4.79 Å². The summed E-state index contributed by atoms with van der Waals surface area (Å²) >= 11 is 0. The van der Waals surface area contributed by atoms with Crippen molar-refractivity contribution < 1.29 is 23.9 Å². The minimum Gasteiger partial charge on any atom is -0.451 e. The Morgan fingerprint density at radius 1 is 1.35 bits per heavy atom. The van der Waals surface area contributed by atoms with Gasteiger partial charge >= 0.3 is 12.0 Å². The third kappa shape index (κ3) is 4.16. The molecule has 0 aromatic heterocycles. The maximum Gasteiger partial charge on any atom is 0.327 e. The molecular weight excluding hydrogens is 338 g/mol. The van der Waals surface area contributed by atoms with E-state index in [9.17, 15) is 19.2 Å². The van der Waals surface area contributed by atoms with Crippen LogP contribution in [-0.2, 0) is 19.1 Å². The number of rotatable bonds is 4. The lowest BCUT2D eigenvalue weighted by Gasteiger charge is -2.36. The van der Waals surface area contributed by atoms with Crippen molar-refractivity contribution in [3.63, 3.8) is 0 Å². The number of carbonyl (C=O) groups excluding carboxylic acids is 4. The minimum absolute atomic E-state index is 0.0187. The van der Waals surface area contributed by atoms with Gasteiger partial charge in [0.15, 0.2) is 6.10 Å². The highest BCUT2D eigenvalue weighted by Gasteiger charge is 2.55. The van der Waals surface area contributed by atoms with Crippen LogP contribution in [0.15, 0.2) is 0 Å². The van der Waals surface area contributed by atoms with E-state index >= 15 is 0 Å². The second-order valence-corrected chi connectivity index (χ2v) is 8.31. The Morgan fingerprint density at radius 3 is 2.58 bits per heavy atom. The maximum absolute atomic E-state index is 12.8. The molecule has 26 heavy (non-hydrogen) atoms. The Labute approximate surface area is 154 Å². The van der Waals surface area contributed by atoms with E-state index in [-0.39, 0.29) is 11.8 Å². The standard InChI is InChI=1S/C18H29N3O5/c1-11-8-6-7-9-18(11)15(24)21(16(25)20-18)10-13(22)26-12(2)14(23)19-17(3,4)5/h11-12H,6-10H2,1-5H3,(H,19,23)(H,20,25)/t11-,12+,18-/m1/s1. The first-order valence-electron chi connectivity index (χ1n) is 9.12. The summed E-state index contributed by atoms with van der Waals surface area (Å²) in [7, 11) is 0. The summed E-state index contributed by atoms with van der Waals surface area (Å²) in [5.74, 6) is -1.57. The molecular formula is C18H29N3O5. The molecule has 1 aliphatic heterocycles. The molecule has 146 valence electrons. The molecule has 1 aliphatic carbocycles. The lowest BCUT2D eigenvalue weighted by molar-refractivity contribution is -0.157. The van der Waals surface area contributed by atoms with Gasteiger partial charge in [0.2, 0.25) is 0 Å². The third-order valence-corrected chi connectivity index (χ3v) is 4.96. The Bertz CT molecular complexity index is 612. The van der Waals surface area contributed by atoms with Crippen molar-refractivity contribution >= 4 is 23.8 Å². The fraction of sp³-hybridized carbons (Fsp3) is 0.778. The van der Waals surface area contributed by atoms with E-state index in [4.69, 9.17) is 4.74 Å². The SMILES string of the molecule is C[C@H](OC(=O)CN1C(=O)N[C@@]2(CCCC[C@H]2C)C1=O)C(=O)NC(C)(C)C. The topological polar surface area (TPSA) is 105 Å². The van der Waals surface area contributed by atoms with Gasteiger partial charge in [-0.2, -0.15) is 0 Å². The zero-order valence-corrected chi connectivity index (χ0v) is 16.2. The first kappa shape index (κ1) is 20.2. The number of esters is 1. The van der Waals surface area contributed by atoms with Crippen molar-refractivity contribution in [2.24, 2.45) is 5.92 Å². The molecule has 1 saturated heterocycles. The normalized spacial score (nSPS) is 27.3. The summed E-state index contributed by atoms with van der Waals surface area (Å²) < 4.78 is 5.09. The van der Waals surface area contributed by atoms with Crippen LogP contribution in [-0.4, -0.2) is 52.4 Å². The zero-order chi connectivity index (χ0) is 19.7. The molecule has 2 rings (SSSR count). The van der Waals surface area contributed by atoms with Crippen molar-refractivity contribution in [1.29, 1.82) is 0 Å². The van der Waals surface area contributed by atoms with Crippen molar-refractivity contribution in [2.75, 3.05) is 6.54 Å². The number of hydrogen-bond acceptors (Lipinski definition) is 5. The number of urea groups is 1. The van der Waals surface area contributed by atoms with Gasteiger partial charge in [0, 0.05) is 5.54 Å². The number of ether oxygens (including phenoxy) is 1. The Hall–Kier alpha value is -2.12. The highest BCUT2D eigenvalue weighted by Crippen LogP contribution is 2.38. The average Bonchev–Trinajstić information content (AvgIpc) is 2.74. The van der Waals surface area contributed by atoms with E-state index in [2.05, 4.69) is 10.6 Å². The molecule has 1 spiro atoms. The second kappa shape index (κ2) is 7.25. The van der Waals surface area contributed by atoms with Crippen molar-refractivity contribution in [3.8, 4) is 0 Å². The third-order valence-electron chi connectivity index (χ3n) is 4.96. The van der Waals surface area contributed by atoms with Crippen molar-refractivity contribution in [1.82, 2.24) is 15.5 Å². The zero-order valence-electron chi connectivity index (χ0n) is 16.2. The van der Waals surface area contributed by atoms with Crippen LogP contribution < -0.4 is 10.6 Å². The molecule has 0 bridgehead atoms. The summed E-state index contributed by atoms with van der Waals surface area (Å²) in [5.41, 5.74) is -1.36. The van der Waals surface area contributed by atoms with Crippen LogP contribution in [0.4, 0.5) is 4.79 Å². The minimum atomic E-state index is -1.01. The molecule has 1 heterocycles. The van der Waals surface area contributed by atoms with Crippen LogP contribution in [0.2, 0.25) is 0 Å². The molecule has 8 heteroatoms. The molecule has 2 aliphatic rings. The van der Waals surface area contributed by atoms with Gasteiger partial charge in [0.1, 0.15) is 12.1 Å². The Morgan fingerprint density at radius 2 is 2.00 bits per heavy atom. The Balaban J connectivity index is 1.97. The van der Waals surface area contributed by atoms with Crippen LogP contribution in [0.3, 0.4) is 0 Å². The summed E-state index contributed by atoms with van der Waals surface area (Å²) in [4.78, 5) is 50.1. The van der Waals surface area contributed by atoms with E-state index in [0.717, 1.165) is 24.2 Å². The lowest BCUT2D eigenvalue weighted by atomic mass is 9.73. The number of carbonyl (C=O) groups is 4.